The van der Waals surface area contributed by atoms with Crippen molar-refractivity contribution in [3.05, 3.63) is 53.4 Å². The fraction of sp³-hybridized carbons (Fsp3) is 0.412. The van der Waals surface area contributed by atoms with Gasteiger partial charge in [-0.1, -0.05) is 35.5 Å². The lowest BCUT2D eigenvalue weighted by molar-refractivity contribution is -0.124. The summed E-state index contributed by atoms with van der Waals surface area (Å²) < 4.78 is 5.27. The lowest BCUT2D eigenvalue weighted by atomic mass is 10.0. The summed E-state index contributed by atoms with van der Waals surface area (Å²) in [6.45, 7) is 6.02. The third kappa shape index (κ3) is 3.78. The molecule has 0 aliphatic carbocycles. The van der Waals surface area contributed by atoms with Crippen LogP contribution in [0, 0.1) is 6.92 Å². The van der Waals surface area contributed by atoms with E-state index in [-0.39, 0.29) is 11.9 Å². The number of rotatable bonds is 5. The van der Waals surface area contributed by atoms with Crippen molar-refractivity contribution in [1.82, 2.24) is 15.0 Å². The van der Waals surface area contributed by atoms with Crippen molar-refractivity contribution in [1.29, 1.82) is 0 Å². The first-order chi connectivity index (χ1) is 11.1. The van der Waals surface area contributed by atoms with Crippen molar-refractivity contribution in [2.75, 3.05) is 26.2 Å². The van der Waals surface area contributed by atoms with Crippen LogP contribution in [0.25, 0.3) is 0 Å². The van der Waals surface area contributed by atoms with E-state index in [2.05, 4.69) is 15.0 Å². The van der Waals surface area contributed by atoms with Gasteiger partial charge in [0.05, 0.1) is 12.2 Å². The number of hydrogen-bond donors (Lipinski definition) is 1. The Hall–Kier alpha value is -2.18. The molecule has 1 amide bonds. The van der Waals surface area contributed by atoms with Crippen LogP contribution in [0.15, 0.2) is 40.9 Å². The fourth-order valence-corrected chi connectivity index (χ4v) is 3.08. The average molecular weight is 314 g/mol. The highest BCUT2D eigenvalue weighted by Gasteiger charge is 2.29. The van der Waals surface area contributed by atoms with Gasteiger partial charge in [-0.05, 0) is 12.5 Å². The quantitative estimate of drug-likeness (QED) is 0.901. The van der Waals surface area contributed by atoms with E-state index in [9.17, 15) is 4.79 Å². The first kappa shape index (κ1) is 15.7. The van der Waals surface area contributed by atoms with Crippen molar-refractivity contribution in [3.8, 4) is 0 Å². The van der Waals surface area contributed by atoms with Crippen LogP contribution in [0.3, 0.4) is 0 Å². The second kappa shape index (κ2) is 6.93. The highest BCUT2D eigenvalue weighted by molar-refractivity contribution is 5.81. The Morgan fingerprint density at radius 1 is 1.26 bits per heavy atom. The minimum Gasteiger partial charge on any atom is -0.368 e. The Bertz CT molecular complexity index is 648. The number of nitrogens with zero attached hydrogens (tertiary/aromatic N) is 3. The maximum Gasteiger partial charge on any atom is 0.239 e. The minimum absolute atomic E-state index is 0.296. The van der Waals surface area contributed by atoms with Crippen molar-refractivity contribution >= 4 is 5.91 Å². The van der Waals surface area contributed by atoms with Crippen LogP contribution in [0.4, 0.5) is 0 Å². The number of nitrogens with two attached hydrogens (primary N) is 1. The predicted molar refractivity (Wildman–Crippen MR) is 86.5 cm³/mol. The van der Waals surface area contributed by atoms with Crippen LogP contribution in [-0.4, -0.2) is 47.0 Å². The highest BCUT2D eigenvalue weighted by atomic mass is 16.5. The summed E-state index contributed by atoms with van der Waals surface area (Å²) in [7, 11) is 0. The van der Waals surface area contributed by atoms with Crippen LogP contribution in [0.1, 0.15) is 23.1 Å². The number of aromatic nitrogens is 1. The number of primary amides is 1. The van der Waals surface area contributed by atoms with Crippen LogP contribution >= 0.6 is 0 Å². The SMILES string of the molecule is Cc1cc(CN2CCN(C(C(N)=O)c3ccccc3)CC2)on1. The van der Waals surface area contributed by atoms with Gasteiger partial charge in [-0.25, -0.2) is 0 Å². The second-order valence-corrected chi connectivity index (χ2v) is 5.96. The minimum atomic E-state index is -0.356. The third-order valence-electron chi connectivity index (χ3n) is 4.21. The molecule has 0 spiro atoms. The van der Waals surface area contributed by atoms with Crippen LogP contribution in [-0.2, 0) is 11.3 Å². The monoisotopic (exact) mass is 314 g/mol. The summed E-state index contributed by atoms with van der Waals surface area (Å²) in [5.41, 5.74) is 7.50. The van der Waals surface area contributed by atoms with Gasteiger partial charge in [0.25, 0.3) is 0 Å². The van der Waals surface area contributed by atoms with Crippen molar-refractivity contribution in [2.45, 2.75) is 19.5 Å². The summed E-state index contributed by atoms with van der Waals surface area (Å²) in [5.74, 6) is 0.584. The Kier molecular flexibility index (Phi) is 4.73. The molecule has 1 saturated heterocycles. The number of carbonyl (C=O) groups is 1. The van der Waals surface area contributed by atoms with E-state index >= 15 is 0 Å². The van der Waals surface area contributed by atoms with Crippen molar-refractivity contribution in [3.63, 3.8) is 0 Å². The van der Waals surface area contributed by atoms with E-state index < -0.39 is 0 Å². The van der Waals surface area contributed by atoms with Crippen LogP contribution in [0.5, 0.6) is 0 Å². The molecule has 1 aromatic carbocycles. The van der Waals surface area contributed by atoms with Crippen molar-refractivity contribution in [2.24, 2.45) is 5.73 Å². The normalized spacial score (nSPS) is 18.0. The summed E-state index contributed by atoms with van der Waals surface area (Å²) in [5, 5.41) is 3.91. The molecule has 6 heteroatoms. The maximum atomic E-state index is 11.9. The van der Waals surface area contributed by atoms with Gasteiger partial charge in [-0.3, -0.25) is 14.6 Å². The Morgan fingerprint density at radius 2 is 1.96 bits per heavy atom. The van der Waals surface area contributed by atoms with E-state index in [1.54, 1.807) is 0 Å². The molecule has 2 aromatic rings. The molecule has 6 nitrogen and oxygen atoms in total. The van der Waals surface area contributed by atoms with E-state index in [0.29, 0.717) is 0 Å². The Labute approximate surface area is 135 Å². The number of hydrogen-bond acceptors (Lipinski definition) is 5. The van der Waals surface area contributed by atoms with Gasteiger partial charge in [0.2, 0.25) is 5.91 Å². The molecular weight excluding hydrogens is 292 g/mol. The van der Waals surface area contributed by atoms with Crippen molar-refractivity contribution < 1.29 is 9.32 Å². The van der Waals surface area contributed by atoms with Gasteiger partial charge in [-0.15, -0.1) is 0 Å². The number of carbonyl (C=O) groups excluding carboxylic acids is 1. The average Bonchev–Trinajstić information content (AvgIpc) is 2.95. The van der Waals surface area contributed by atoms with Gasteiger partial charge in [-0.2, -0.15) is 0 Å². The summed E-state index contributed by atoms with van der Waals surface area (Å²) in [6, 6.07) is 11.3. The molecule has 2 heterocycles. The Morgan fingerprint density at radius 3 is 2.52 bits per heavy atom. The molecule has 0 saturated carbocycles. The standard InChI is InChI=1S/C17H22N4O2/c1-13-11-15(23-19-13)12-20-7-9-21(10-8-20)16(17(18)22)14-5-3-2-4-6-14/h2-6,11,16H,7-10,12H2,1H3,(H2,18,22). The van der Waals surface area contributed by atoms with Gasteiger partial charge >= 0.3 is 0 Å². The molecule has 3 rings (SSSR count). The largest absolute Gasteiger partial charge is 0.368 e. The highest BCUT2D eigenvalue weighted by Crippen LogP contribution is 2.22. The van der Waals surface area contributed by atoms with E-state index in [1.165, 1.54) is 0 Å². The van der Waals surface area contributed by atoms with Gasteiger partial charge in [0.1, 0.15) is 6.04 Å². The summed E-state index contributed by atoms with van der Waals surface area (Å²) >= 11 is 0. The first-order valence-electron chi connectivity index (χ1n) is 7.86. The molecular formula is C17H22N4O2. The third-order valence-corrected chi connectivity index (χ3v) is 4.21. The number of benzene rings is 1. The summed E-state index contributed by atoms with van der Waals surface area (Å²) in [6.07, 6.45) is 0. The predicted octanol–water partition coefficient (Wildman–Crippen LogP) is 1.33. The van der Waals surface area contributed by atoms with Crippen LogP contribution < -0.4 is 5.73 Å². The molecule has 1 aromatic heterocycles. The van der Waals surface area contributed by atoms with Gasteiger partial charge in [0, 0.05) is 32.2 Å². The van der Waals surface area contributed by atoms with Gasteiger partial charge in [0.15, 0.2) is 5.76 Å². The molecule has 23 heavy (non-hydrogen) atoms. The molecule has 1 atom stereocenters. The smallest absolute Gasteiger partial charge is 0.239 e. The lowest BCUT2D eigenvalue weighted by Gasteiger charge is -2.37. The first-order valence-corrected chi connectivity index (χ1v) is 7.86. The van der Waals surface area contributed by atoms with E-state index in [4.69, 9.17) is 10.3 Å². The van der Waals surface area contributed by atoms with E-state index in [1.807, 2.05) is 43.3 Å². The molecule has 1 unspecified atom stereocenters. The zero-order valence-corrected chi connectivity index (χ0v) is 13.3. The Balaban J connectivity index is 1.61. The molecule has 1 aliphatic heterocycles. The summed E-state index contributed by atoms with van der Waals surface area (Å²) in [4.78, 5) is 16.4. The van der Waals surface area contributed by atoms with Gasteiger partial charge < -0.3 is 10.3 Å². The fourth-order valence-electron chi connectivity index (χ4n) is 3.08. The molecule has 1 aliphatic rings. The molecule has 0 bridgehead atoms. The molecule has 2 N–H and O–H groups in total. The lowest BCUT2D eigenvalue weighted by Crippen LogP contribution is -2.49. The van der Waals surface area contributed by atoms with E-state index in [0.717, 1.165) is 49.7 Å². The second-order valence-electron chi connectivity index (χ2n) is 5.96. The zero-order valence-electron chi connectivity index (χ0n) is 13.3. The number of amides is 1. The number of aryl methyl sites for hydroxylation is 1. The maximum absolute atomic E-state index is 11.9. The topological polar surface area (TPSA) is 75.6 Å². The molecule has 1 fully saturated rings. The van der Waals surface area contributed by atoms with Crippen LogP contribution in [0.2, 0.25) is 0 Å². The number of piperazine rings is 1. The molecule has 122 valence electrons. The zero-order chi connectivity index (χ0) is 16.2. The molecule has 0 radical (unpaired) electrons.